The third-order valence-corrected chi connectivity index (χ3v) is 8.25. The number of amides is 2. The number of carbonyl (C=O) groups excluding carboxylic acids is 2. The third-order valence-electron chi connectivity index (χ3n) is 6.88. The number of nitrogens with zero attached hydrogens (tertiary/aromatic N) is 1. The highest BCUT2D eigenvalue weighted by Gasteiger charge is 2.28. The van der Waals surface area contributed by atoms with Gasteiger partial charge in [-0.3, -0.25) is 4.79 Å². The average molecular weight is 678 g/mol. The zero-order valence-corrected chi connectivity index (χ0v) is 28.8. The summed E-state index contributed by atoms with van der Waals surface area (Å²) in [5, 5.41) is 7.39. The number of nitrogens with two attached hydrogens (primary N) is 1. The lowest BCUT2D eigenvalue weighted by Gasteiger charge is -2.22. The number of carbonyl (C=O) groups is 2. The van der Waals surface area contributed by atoms with Gasteiger partial charge in [0, 0.05) is 23.8 Å². The van der Waals surface area contributed by atoms with E-state index >= 15 is 0 Å². The van der Waals surface area contributed by atoms with Gasteiger partial charge in [0.25, 0.3) is 15.9 Å². The first-order valence-corrected chi connectivity index (χ1v) is 17.1. The zero-order valence-electron chi connectivity index (χ0n) is 28.0. The second-order valence-corrected chi connectivity index (χ2v) is 14.0. The smallest absolute Gasteiger partial charge is 0.407 e. The van der Waals surface area contributed by atoms with E-state index in [0.717, 1.165) is 16.3 Å². The van der Waals surface area contributed by atoms with Crippen LogP contribution in [0.4, 0.5) is 16.3 Å². The van der Waals surface area contributed by atoms with Crippen LogP contribution in [0.2, 0.25) is 0 Å². The summed E-state index contributed by atoms with van der Waals surface area (Å²) >= 11 is 0. The first-order valence-electron chi connectivity index (χ1n) is 15.6. The topological polar surface area (TPSA) is 171 Å². The minimum Gasteiger partial charge on any atom is -0.490 e. The van der Waals surface area contributed by atoms with E-state index in [1.807, 2.05) is 20.8 Å². The number of rotatable bonds is 13. The molecule has 3 aromatic carbocycles. The molecule has 1 heterocycles. The molecule has 2 amide bonds. The van der Waals surface area contributed by atoms with Gasteiger partial charge in [-0.05, 0) is 113 Å². The van der Waals surface area contributed by atoms with E-state index in [1.54, 1.807) is 81.6 Å². The van der Waals surface area contributed by atoms with Gasteiger partial charge < -0.3 is 30.6 Å². The van der Waals surface area contributed by atoms with Crippen molar-refractivity contribution in [3.8, 4) is 11.5 Å². The molecular formula is C35H43N5O7S. The van der Waals surface area contributed by atoms with E-state index < -0.39 is 33.7 Å². The Labute approximate surface area is 281 Å². The number of benzene rings is 3. The van der Waals surface area contributed by atoms with Crippen molar-refractivity contribution in [2.75, 3.05) is 24.2 Å². The maximum absolute atomic E-state index is 13.9. The van der Waals surface area contributed by atoms with Gasteiger partial charge in [-0.2, -0.15) is 0 Å². The Hall–Kier alpha value is -5.04. The van der Waals surface area contributed by atoms with Crippen LogP contribution < -0.4 is 30.6 Å². The van der Waals surface area contributed by atoms with Crippen LogP contribution in [-0.4, -0.2) is 50.3 Å². The molecule has 1 unspecified atom stereocenters. The maximum Gasteiger partial charge on any atom is 0.407 e. The molecule has 0 saturated carbocycles. The van der Waals surface area contributed by atoms with Crippen molar-refractivity contribution < 1.29 is 32.2 Å². The Morgan fingerprint density at radius 3 is 2.35 bits per heavy atom. The van der Waals surface area contributed by atoms with Crippen LogP contribution in [0, 0.1) is 0 Å². The molecule has 13 heteroatoms. The van der Waals surface area contributed by atoms with Crippen molar-refractivity contribution in [1.29, 1.82) is 0 Å². The number of aromatic nitrogens is 1. The van der Waals surface area contributed by atoms with E-state index in [0.29, 0.717) is 48.1 Å². The normalized spacial score (nSPS) is 12.3. The average Bonchev–Trinajstić information content (AvgIpc) is 3.00. The van der Waals surface area contributed by atoms with Crippen molar-refractivity contribution in [2.24, 2.45) is 0 Å². The fraction of sp³-hybridized carbons (Fsp3) is 0.343. The number of anilines is 2. The molecule has 0 aliphatic rings. The summed E-state index contributed by atoms with van der Waals surface area (Å²) in [4.78, 5) is 29.8. The van der Waals surface area contributed by atoms with E-state index in [9.17, 15) is 18.0 Å². The Balaban J connectivity index is 1.58. The fourth-order valence-electron chi connectivity index (χ4n) is 4.79. The molecule has 0 bridgehead atoms. The molecule has 0 aliphatic carbocycles. The molecule has 12 nitrogen and oxygen atoms in total. The lowest BCUT2D eigenvalue weighted by Crippen LogP contribution is -2.37. The summed E-state index contributed by atoms with van der Waals surface area (Å²) in [5.74, 6) is 0.472. The minimum absolute atomic E-state index is 0.0946. The Kier molecular flexibility index (Phi) is 11.4. The fourth-order valence-corrected chi connectivity index (χ4v) is 5.79. The standard InChI is InChI=1S/C35H43N5O7S/c1-7-45-30-21-25(10-15-29(30)46-22(2)3)31(39-26-11-14-28-24(20-26)17-19-37-32(28)36)33(41)40-48(43,44)27-12-8-23(9-13-27)16-18-38-34(42)47-35(4,5)6/h8-15,17,19-22,31,39H,7,16,18H2,1-6H3,(H2,36,37)(H,38,42)(H,40,41). The number of fused-ring (bicyclic) bond motifs is 1. The highest BCUT2D eigenvalue weighted by molar-refractivity contribution is 7.90. The summed E-state index contributed by atoms with van der Waals surface area (Å²) in [6.07, 6.45) is 1.38. The van der Waals surface area contributed by atoms with Gasteiger partial charge in [0.1, 0.15) is 17.5 Å². The first-order chi connectivity index (χ1) is 22.6. The van der Waals surface area contributed by atoms with Crippen LogP contribution in [-0.2, 0) is 26.0 Å². The molecule has 4 aromatic rings. The van der Waals surface area contributed by atoms with Crippen LogP contribution in [0.3, 0.4) is 0 Å². The summed E-state index contributed by atoms with van der Waals surface area (Å²) < 4.78 is 46.0. The van der Waals surface area contributed by atoms with Crippen molar-refractivity contribution in [1.82, 2.24) is 15.0 Å². The Morgan fingerprint density at radius 2 is 1.69 bits per heavy atom. The van der Waals surface area contributed by atoms with E-state index in [1.165, 1.54) is 12.1 Å². The largest absolute Gasteiger partial charge is 0.490 e. The maximum atomic E-state index is 13.9. The second kappa shape index (κ2) is 15.2. The number of hydrogen-bond donors (Lipinski definition) is 4. The lowest BCUT2D eigenvalue weighted by atomic mass is 10.0. The molecule has 0 fully saturated rings. The summed E-state index contributed by atoms with van der Waals surface area (Å²) in [7, 11) is -4.27. The van der Waals surface area contributed by atoms with Gasteiger partial charge in [-0.25, -0.2) is 22.9 Å². The molecule has 1 atom stereocenters. The van der Waals surface area contributed by atoms with Crippen molar-refractivity contribution in [3.05, 3.63) is 84.1 Å². The molecule has 4 rings (SSSR count). The minimum atomic E-state index is -4.27. The van der Waals surface area contributed by atoms with E-state index in [4.69, 9.17) is 19.9 Å². The van der Waals surface area contributed by atoms with Gasteiger partial charge in [0.2, 0.25) is 0 Å². The van der Waals surface area contributed by atoms with Crippen LogP contribution in [0.15, 0.2) is 77.8 Å². The molecule has 256 valence electrons. The molecule has 1 aromatic heterocycles. The Bertz CT molecular complexity index is 1860. The summed E-state index contributed by atoms with van der Waals surface area (Å²) in [5.41, 5.74) is 7.19. The molecule has 5 N–H and O–H groups in total. The number of ether oxygens (including phenoxy) is 3. The molecule has 0 aliphatic heterocycles. The zero-order chi connectivity index (χ0) is 35.1. The Morgan fingerprint density at radius 1 is 0.958 bits per heavy atom. The van der Waals surface area contributed by atoms with Gasteiger partial charge in [-0.1, -0.05) is 18.2 Å². The molecule has 0 saturated heterocycles. The predicted molar refractivity (Wildman–Crippen MR) is 186 cm³/mol. The molecule has 0 spiro atoms. The molecule has 48 heavy (non-hydrogen) atoms. The van der Waals surface area contributed by atoms with Crippen LogP contribution >= 0.6 is 0 Å². The summed E-state index contributed by atoms with van der Waals surface area (Å²) in [6.45, 7) is 11.6. The van der Waals surface area contributed by atoms with Gasteiger partial charge in [-0.15, -0.1) is 0 Å². The number of hydrogen-bond acceptors (Lipinski definition) is 10. The van der Waals surface area contributed by atoms with Crippen molar-refractivity contribution in [3.63, 3.8) is 0 Å². The molecular weight excluding hydrogens is 634 g/mol. The van der Waals surface area contributed by atoms with Gasteiger partial charge in [0.05, 0.1) is 17.6 Å². The third kappa shape index (κ3) is 9.74. The van der Waals surface area contributed by atoms with E-state index in [2.05, 4.69) is 20.3 Å². The van der Waals surface area contributed by atoms with Crippen molar-refractivity contribution >= 4 is 44.3 Å². The van der Waals surface area contributed by atoms with E-state index in [-0.39, 0.29) is 11.0 Å². The quantitative estimate of drug-likeness (QED) is 0.137. The van der Waals surface area contributed by atoms with Crippen LogP contribution in [0.1, 0.15) is 58.7 Å². The van der Waals surface area contributed by atoms with Crippen LogP contribution in [0.25, 0.3) is 10.8 Å². The second-order valence-electron chi connectivity index (χ2n) is 12.3. The highest BCUT2D eigenvalue weighted by Crippen LogP contribution is 2.34. The number of nitrogen functional groups attached to an aromatic ring is 1. The molecule has 0 radical (unpaired) electrons. The predicted octanol–water partition coefficient (Wildman–Crippen LogP) is 5.73. The highest BCUT2D eigenvalue weighted by atomic mass is 32.2. The lowest BCUT2D eigenvalue weighted by molar-refractivity contribution is -0.120. The number of nitrogens with one attached hydrogen (secondary N) is 3. The van der Waals surface area contributed by atoms with Gasteiger partial charge >= 0.3 is 6.09 Å². The van der Waals surface area contributed by atoms with Crippen LogP contribution in [0.5, 0.6) is 11.5 Å². The number of pyridine rings is 1. The monoisotopic (exact) mass is 677 g/mol. The number of sulfonamides is 1. The number of alkyl carbamates (subject to hydrolysis) is 1. The van der Waals surface area contributed by atoms with Crippen molar-refractivity contribution in [2.45, 2.75) is 70.6 Å². The SMILES string of the molecule is CCOc1cc(C(Nc2ccc3c(N)nccc3c2)C(=O)NS(=O)(=O)c2ccc(CCNC(=O)OC(C)(C)C)cc2)ccc1OC(C)C. The summed E-state index contributed by atoms with van der Waals surface area (Å²) in [6, 6.07) is 17.1. The van der Waals surface area contributed by atoms with Gasteiger partial charge in [0.15, 0.2) is 11.5 Å². The first kappa shape index (κ1) is 35.8.